The van der Waals surface area contributed by atoms with Gasteiger partial charge in [0.15, 0.2) is 0 Å². The first-order valence-corrected chi connectivity index (χ1v) is 9.44. The first-order chi connectivity index (χ1) is 11.4. The second-order valence-electron chi connectivity index (χ2n) is 7.08. The van der Waals surface area contributed by atoms with Crippen molar-refractivity contribution in [2.75, 3.05) is 32.7 Å². The van der Waals surface area contributed by atoms with Gasteiger partial charge in [0.25, 0.3) is 5.91 Å². The van der Waals surface area contributed by atoms with Crippen LogP contribution in [-0.4, -0.2) is 58.4 Å². The predicted octanol–water partition coefficient (Wildman–Crippen LogP) is 3.03. The van der Waals surface area contributed by atoms with Gasteiger partial charge in [-0.1, -0.05) is 13.8 Å². The molecular formula is C18H26N4OS. The maximum Gasteiger partial charge on any atom is 0.264 e. The van der Waals surface area contributed by atoms with Crippen LogP contribution in [0.15, 0.2) is 0 Å². The zero-order valence-corrected chi connectivity index (χ0v) is 16.0. The SMILES string of the molecule is Cc1nc(C)c2c(C)c(C(=O)N3CCN(CC(C)C)CC3)sc2n1. The normalized spacial score (nSPS) is 16.3. The lowest BCUT2D eigenvalue weighted by molar-refractivity contribution is 0.0628. The molecule has 0 N–H and O–H groups in total. The van der Waals surface area contributed by atoms with Crippen LogP contribution < -0.4 is 0 Å². The zero-order chi connectivity index (χ0) is 17.4. The Kier molecular flexibility index (Phi) is 4.88. The summed E-state index contributed by atoms with van der Waals surface area (Å²) < 4.78 is 0. The Morgan fingerprint density at radius 1 is 1.12 bits per heavy atom. The number of carbonyl (C=O) groups excluding carboxylic acids is 1. The lowest BCUT2D eigenvalue weighted by Crippen LogP contribution is -2.49. The van der Waals surface area contributed by atoms with E-state index >= 15 is 0 Å². The molecule has 1 aliphatic rings. The summed E-state index contributed by atoms with van der Waals surface area (Å²) in [5, 5.41) is 1.05. The number of hydrogen-bond acceptors (Lipinski definition) is 5. The molecule has 1 saturated heterocycles. The first-order valence-electron chi connectivity index (χ1n) is 8.62. The average Bonchev–Trinajstić information content (AvgIpc) is 2.83. The first kappa shape index (κ1) is 17.3. The van der Waals surface area contributed by atoms with E-state index in [9.17, 15) is 4.79 Å². The molecular weight excluding hydrogens is 320 g/mol. The second-order valence-corrected chi connectivity index (χ2v) is 8.08. The van der Waals surface area contributed by atoms with Gasteiger partial charge in [-0.05, 0) is 32.3 Å². The Labute approximate surface area is 147 Å². The maximum absolute atomic E-state index is 13.0. The highest BCUT2D eigenvalue weighted by atomic mass is 32.1. The minimum Gasteiger partial charge on any atom is -0.335 e. The molecule has 0 atom stereocenters. The largest absolute Gasteiger partial charge is 0.335 e. The fraction of sp³-hybridized carbons (Fsp3) is 0.611. The van der Waals surface area contributed by atoms with E-state index in [1.165, 1.54) is 11.3 Å². The Morgan fingerprint density at radius 3 is 2.42 bits per heavy atom. The third-order valence-corrected chi connectivity index (χ3v) is 5.73. The summed E-state index contributed by atoms with van der Waals surface area (Å²) in [6.07, 6.45) is 0. The van der Waals surface area contributed by atoms with Crippen molar-refractivity contribution >= 4 is 27.5 Å². The number of fused-ring (bicyclic) bond motifs is 1. The molecule has 0 spiro atoms. The molecule has 1 aliphatic heterocycles. The van der Waals surface area contributed by atoms with E-state index in [1.807, 2.05) is 25.7 Å². The van der Waals surface area contributed by atoms with Gasteiger partial charge in [-0.15, -0.1) is 11.3 Å². The Balaban J connectivity index is 1.80. The van der Waals surface area contributed by atoms with Crippen LogP contribution in [0.25, 0.3) is 10.2 Å². The number of aryl methyl sites for hydroxylation is 3. The van der Waals surface area contributed by atoms with Crippen LogP contribution >= 0.6 is 11.3 Å². The number of piperazine rings is 1. The maximum atomic E-state index is 13.0. The fourth-order valence-electron chi connectivity index (χ4n) is 3.47. The summed E-state index contributed by atoms with van der Waals surface area (Å²) in [5.41, 5.74) is 1.99. The molecule has 0 aliphatic carbocycles. The number of amides is 1. The van der Waals surface area contributed by atoms with Crippen molar-refractivity contribution in [3.05, 3.63) is 22.0 Å². The topological polar surface area (TPSA) is 49.3 Å². The van der Waals surface area contributed by atoms with Crippen molar-refractivity contribution < 1.29 is 4.79 Å². The van der Waals surface area contributed by atoms with Gasteiger partial charge in [-0.2, -0.15) is 0 Å². The van der Waals surface area contributed by atoms with Gasteiger partial charge in [0.05, 0.1) is 4.88 Å². The van der Waals surface area contributed by atoms with Gasteiger partial charge in [0.1, 0.15) is 10.7 Å². The summed E-state index contributed by atoms with van der Waals surface area (Å²) in [6, 6.07) is 0. The third kappa shape index (κ3) is 3.30. The second kappa shape index (κ2) is 6.76. The van der Waals surface area contributed by atoms with Crippen molar-refractivity contribution in [2.24, 2.45) is 5.92 Å². The number of hydrogen-bond donors (Lipinski definition) is 0. The fourth-order valence-corrected chi connectivity index (χ4v) is 4.72. The molecule has 24 heavy (non-hydrogen) atoms. The summed E-state index contributed by atoms with van der Waals surface area (Å²) in [5.74, 6) is 1.58. The summed E-state index contributed by atoms with van der Waals surface area (Å²) in [4.78, 5) is 28.1. The zero-order valence-electron chi connectivity index (χ0n) is 15.2. The van der Waals surface area contributed by atoms with Crippen LogP contribution in [0.2, 0.25) is 0 Å². The summed E-state index contributed by atoms with van der Waals surface area (Å²) >= 11 is 1.51. The quantitative estimate of drug-likeness (QED) is 0.857. The minimum atomic E-state index is 0.150. The van der Waals surface area contributed by atoms with Gasteiger partial charge in [0.2, 0.25) is 0 Å². The highest BCUT2D eigenvalue weighted by molar-refractivity contribution is 7.20. The summed E-state index contributed by atoms with van der Waals surface area (Å²) in [6.45, 7) is 15.0. The molecule has 0 saturated carbocycles. The van der Waals surface area contributed by atoms with Crippen LogP contribution in [-0.2, 0) is 0 Å². The Morgan fingerprint density at radius 2 is 1.79 bits per heavy atom. The van der Waals surface area contributed by atoms with E-state index < -0.39 is 0 Å². The number of thiophene rings is 1. The van der Waals surface area contributed by atoms with Crippen LogP contribution in [0.3, 0.4) is 0 Å². The van der Waals surface area contributed by atoms with Gasteiger partial charge in [-0.25, -0.2) is 9.97 Å². The molecule has 6 heteroatoms. The van der Waals surface area contributed by atoms with E-state index in [0.717, 1.165) is 64.9 Å². The van der Waals surface area contributed by atoms with Crippen LogP contribution in [0, 0.1) is 26.7 Å². The van der Waals surface area contributed by atoms with Gasteiger partial charge in [-0.3, -0.25) is 9.69 Å². The molecule has 130 valence electrons. The van der Waals surface area contributed by atoms with E-state index in [-0.39, 0.29) is 5.91 Å². The van der Waals surface area contributed by atoms with Crippen molar-refractivity contribution in [3.8, 4) is 0 Å². The number of nitrogens with zero attached hydrogens (tertiary/aromatic N) is 4. The molecule has 3 heterocycles. The van der Waals surface area contributed by atoms with Crippen molar-refractivity contribution in [3.63, 3.8) is 0 Å². The van der Waals surface area contributed by atoms with E-state index in [1.54, 1.807) is 0 Å². The number of carbonyl (C=O) groups is 1. The smallest absolute Gasteiger partial charge is 0.264 e. The molecule has 3 rings (SSSR count). The van der Waals surface area contributed by atoms with Gasteiger partial charge in [0, 0.05) is 43.8 Å². The van der Waals surface area contributed by atoms with E-state index in [0.29, 0.717) is 5.92 Å². The lowest BCUT2D eigenvalue weighted by Gasteiger charge is -2.35. The molecule has 5 nitrogen and oxygen atoms in total. The highest BCUT2D eigenvalue weighted by Gasteiger charge is 2.26. The van der Waals surface area contributed by atoms with E-state index in [2.05, 4.69) is 28.7 Å². The third-order valence-electron chi connectivity index (χ3n) is 4.56. The molecule has 0 bridgehead atoms. The Hall–Kier alpha value is -1.53. The molecule has 0 aromatic carbocycles. The van der Waals surface area contributed by atoms with Crippen LogP contribution in [0.4, 0.5) is 0 Å². The molecule has 1 amide bonds. The molecule has 2 aromatic rings. The molecule has 0 radical (unpaired) electrons. The minimum absolute atomic E-state index is 0.150. The molecule has 0 unspecified atom stereocenters. The molecule has 1 fully saturated rings. The van der Waals surface area contributed by atoms with Gasteiger partial charge < -0.3 is 4.90 Å². The van der Waals surface area contributed by atoms with Crippen molar-refractivity contribution in [1.29, 1.82) is 0 Å². The van der Waals surface area contributed by atoms with E-state index in [4.69, 9.17) is 0 Å². The number of rotatable bonds is 3. The standard InChI is InChI=1S/C18H26N4OS/c1-11(2)10-21-6-8-22(9-7-21)18(23)16-12(3)15-13(4)19-14(5)20-17(15)24-16/h11H,6-10H2,1-5H3. The van der Waals surface area contributed by atoms with Crippen LogP contribution in [0.1, 0.15) is 40.6 Å². The molecule has 2 aromatic heterocycles. The predicted molar refractivity (Wildman–Crippen MR) is 98.8 cm³/mol. The van der Waals surface area contributed by atoms with Crippen molar-refractivity contribution in [1.82, 2.24) is 19.8 Å². The average molecular weight is 347 g/mol. The van der Waals surface area contributed by atoms with Crippen LogP contribution in [0.5, 0.6) is 0 Å². The summed E-state index contributed by atoms with van der Waals surface area (Å²) in [7, 11) is 0. The highest BCUT2D eigenvalue weighted by Crippen LogP contribution is 2.32. The Bertz CT molecular complexity index is 760. The van der Waals surface area contributed by atoms with Gasteiger partial charge >= 0.3 is 0 Å². The van der Waals surface area contributed by atoms with Crippen molar-refractivity contribution in [2.45, 2.75) is 34.6 Å². The lowest BCUT2D eigenvalue weighted by atomic mass is 10.1. The number of aromatic nitrogens is 2. The monoisotopic (exact) mass is 346 g/mol.